The predicted molar refractivity (Wildman–Crippen MR) is 157 cm³/mol. The van der Waals surface area contributed by atoms with Gasteiger partial charge in [0, 0.05) is 11.8 Å². The molecule has 0 spiro atoms. The smallest absolute Gasteiger partial charge is 0.339 e. The second-order valence-electron chi connectivity index (χ2n) is 13.9. The third-order valence-electron chi connectivity index (χ3n) is 10.5. The van der Waals surface area contributed by atoms with Crippen molar-refractivity contribution in [3.8, 4) is 11.5 Å². The molecule has 2 aliphatic carbocycles. The number of aliphatic hydroxyl groups is 4. The monoisotopic (exact) mass is 633 g/mol. The van der Waals surface area contributed by atoms with Crippen molar-refractivity contribution in [1.29, 1.82) is 0 Å². The Hall–Kier alpha value is -3.07. The number of aliphatic hydroxyl groups excluding tert-OH is 4. The first kappa shape index (κ1) is 33.3. The average Bonchev–Trinajstić information content (AvgIpc) is 3.39. The lowest BCUT2D eigenvalue weighted by molar-refractivity contribution is -0.277. The summed E-state index contributed by atoms with van der Waals surface area (Å²) in [6.07, 6.45) is -1.35. The van der Waals surface area contributed by atoms with Crippen molar-refractivity contribution >= 4 is 23.3 Å². The van der Waals surface area contributed by atoms with Crippen LogP contribution < -0.4 is 10.1 Å². The van der Waals surface area contributed by atoms with Crippen LogP contribution in [0.25, 0.3) is 0 Å². The van der Waals surface area contributed by atoms with Crippen molar-refractivity contribution in [1.82, 2.24) is 0 Å². The number of hydrogen-bond donors (Lipinski definition) is 7. The molecule has 248 valence electrons. The van der Waals surface area contributed by atoms with E-state index >= 15 is 0 Å². The molecule has 13 nitrogen and oxygen atoms in total. The molecule has 13 heteroatoms. The molecule has 6 unspecified atom stereocenters. The highest BCUT2D eigenvalue weighted by atomic mass is 16.7. The molecule has 0 radical (unpaired) electrons. The highest BCUT2D eigenvalue weighted by molar-refractivity contribution is 6.00. The standard InChI is InChI=1S/C32H43NO12/c1-15-19-11-16-12-32(15,14-31(16,4)45-19)10-7-21(35)30(2,3)9-8-22(36)33-23-18(6-5-17(24(23)37)28(41)42)43-29-27(40)26(39)25(38)20(13-34)44-29/h5-7,10,15-16,19-20,25-27,29,34,37-40H,8-9,11-14H2,1-4H3,(H,33,36)(H,41,42)/b10-7-/t15?,16-,19-,20?,25?,26?,27?,29?,31-,32-/m0/s1. The van der Waals surface area contributed by atoms with Gasteiger partial charge in [-0.1, -0.05) is 26.8 Å². The number of anilines is 1. The quantitative estimate of drug-likeness (QED) is 0.137. The summed E-state index contributed by atoms with van der Waals surface area (Å²) >= 11 is 0. The number of hydrogen-bond acceptors (Lipinski definition) is 11. The highest BCUT2D eigenvalue weighted by Gasteiger charge is 2.65. The van der Waals surface area contributed by atoms with Gasteiger partial charge in [-0.05, 0) is 68.1 Å². The second-order valence-corrected chi connectivity index (χ2v) is 13.9. The van der Waals surface area contributed by atoms with Crippen LogP contribution >= 0.6 is 0 Å². The van der Waals surface area contributed by atoms with Crippen LogP contribution in [-0.4, -0.2) is 97.3 Å². The number of carboxylic acid groups (broad SMARTS) is 1. The van der Waals surface area contributed by atoms with E-state index in [0.717, 1.165) is 31.4 Å². The maximum absolute atomic E-state index is 13.3. The number of nitrogens with one attached hydrogen (secondary N) is 1. The van der Waals surface area contributed by atoms with Gasteiger partial charge in [0.2, 0.25) is 12.2 Å². The lowest BCUT2D eigenvalue weighted by atomic mass is 9.66. The maximum Gasteiger partial charge on any atom is 0.339 e. The molecule has 5 aliphatic rings. The summed E-state index contributed by atoms with van der Waals surface area (Å²) in [6, 6.07) is 2.13. The van der Waals surface area contributed by atoms with E-state index in [0.29, 0.717) is 11.8 Å². The van der Waals surface area contributed by atoms with Gasteiger partial charge in [0.15, 0.2) is 11.5 Å². The van der Waals surface area contributed by atoms with E-state index in [9.17, 15) is 45.0 Å². The molecule has 4 bridgehead atoms. The van der Waals surface area contributed by atoms with Crippen LogP contribution in [0.15, 0.2) is 24.3 Å². The second kappa shape index (κ2) is 11.9. The molecular formula is C32H43NO12. The van der Waals surface area contributed by atoms with Gasteiger partial charge in [0.05, 0.1) is 18.3 Å². The topological polar surface area (TPSA) is 212 Å². The first-order chi connectivity index (χ1) is 21.0. The van der Waals surface area contributed by atoms with E-state index in [-0.39, 0.29) is 41.5 Å². The SMILES string of the molecule is CC1[C@@H]2C[C@H]3C[C@@]1(/C=C\C(=O)C(C)(C)CCC(=O)Nc1c(OC4OC(CO)C(O)C(O)C4O)ccc(C(=O)O)c1O)C[C@]3(C)O2. The molecule has 2 saturated carbocycles. The molecule has 10 atom stereocenters. The van der Waals surface area contributed by atoms with Gasteiger partial charge in [-0.2, -0.15) is 0 Å². The Labute approximate surface area is 260 Å². The molecule has 6 rings (SSSR count). The van der Waals surface area contributed by atoms with E-state index in [4.69, 9.17) is 14.2 Å². The summed E-state index contributed by atoms with van der Waals surface area (Å²) in [6.45, 7) is 7.11. The zero-order valence-electron chi connectivity index (χ0n) is 25.8. The molecule has 5 fully saturated rings. The fourth-order valence-electron chi connectivity index (χ4n) is 7.46. The summed E-state index contributed by atoms with van der Waals surface area (Å²) in [5.74, 6) is -2.62. The van der Waals surface area contributed by atoms with Gasteiger partial charge in [-0.15, -0.1) is 0 Å². The van der Waals surface area contributed by atoms with Gasteiger partial charge in [0.1, 0.15) is 41.4 Å². The molecule has 1 amide bonds. The number of aromatic hydroxyl groups is 1. The number of rotatable bonds is 11. The first-order valence-electron chi connectivity index (χ1n) is 15.3. The summed E-state index contributed by atoms with van der Waals surface area (Å²) in [5, 5.41) is 62.6. The van der Waals surface area contributed by atoms with Crippen molar-refractivity contribution in [2.45, 2.75) is 102 Å². The highest BCUT2D eigenvalue weighted by Crippen LogP contribution is 2.66. The number of amides is 1. The number of carbonyl (C=O) groups excluding carboxylic acids is 2. The zero-order chi connectivity index (χ0) is 33.1. The lowest BCUT2D eigenvalue weighted by Gasteiger charge is -2.44. The van der Waals surface area contributed by atoms with Gasteiger partial charge in [0.25, 0.3) is 0 Å². The number of benzene rings is 1. The van der Waals surface area contributed by atoms with Crippen LogP contribution in [0.1, 0.15) is 70.2 Å². The van der Waals surface area contributed by atoms with Crippen LogP contribution in [-0.2, 0) is 19.1 Å². The first-order valence-corrected chi connectivity index (χ1v) is 15.3. The molecule has 45 heavy (non-hydrogen) atoms. The van der Waals surface area contributed by atoms with Gasteiger partial charge in [-0.25, -0.2) is 4.79 Å². The van der Waals surface area contributed by atoms with Crippen molar-refractivity contribution in [3.63, 3.8) is 0 Å². The van der Waals surface area contributed by atoms with Crippen LogP contribution in [0.4, 0.5) is 5.69 Å². The average molecular weight is 634 g/mol. The normalized spacial score (nSPS) is 37.2. The van der Waals surface area contributed by atoms with E-state index in [2.05, 4.69) is 19.2 Å². The molecule has 1 aromatic rings. The van der Waals surface area contributed by atoms with E-state index in [1.165, 1.54) is 0 Å². The third-order valence-corrected chi connectivity index (χ3v) is 10.5. The Morgan fingerprint density at radius 2 is 1.87 bits per heavy atom. The minimum absolute atomic E-state index is 0.0895. The Kier molecular flexibility index (Phi) is 8.83. The van der Waals surface area contributed by atoms with E-state index < -0.39 is 71.6 Å². The minimum Gasteiger partial charge on any atom is -0.505 e. The predicted octanol–water partition coefficient (Wildman–Crippen LogP) is 1.73. The summed E-state index contributed by atoms with van der Waals surface area (Å²) in [4.78, 5) is 38.1. The number of ether oxygens (including phenoxy) is 3. The molecule has 3 saturated heterocycles. The summed E-state index contributed by atoms with van der Waals surface area (Å²) < 4.78 is 17.2. The Morgan fingerprint density at radius 3 is 2.51 bits per heavy atom. The Bertz CT molecular complexity index is 1380. The van der Waals surface area contributed by atoms with Gasteiger partial charge < -0.3 is 50.2 Å². The van der Waals surface area contributed by atoms with Crippen molar-refractivity contribution in [3.05, 3.63) is 29.8 Å². The Balaban J connectivity index is 1.26. The molecule has 3 heterocycles. The summed E-state index contributed by atoms with van der Waals surface area (Å²) in [5.41, 5.74) is -2.13. The fraction of sp³-hybridized carbons (Fsp3) is 0.656. The van der Waals surface area contributed by atoms with Crippen LogP contribution in [0.5, 0.6) is 11.5 Å². The van der Waals surface area contributed by atoms with Crippen molar-refractivity contribution in [2.24, 2.45) is 22.7 Å². The zero-order valence-corrected chi connectivity index (χ0v) is 25.8. The van der Waals surface area contributed by atoms with Crippen molar-refractivity contribution in [2.75, 3.05) is 11.9 Å². The number of carbonyl (C=O) groups is 3. The molecule has 0 aromatic heterocycles. The molecule has 1 aromatic carbocycles. The van der Waals surface area contributed by atoms with E-state index in [1.54, 1.807) is 19.9 Å². The maximum atomic E-state index is 13.3. The Morgan fingerprint density at radius 1 is 1.16 bits per heavy atom. The number of ketones is 1. The van der Waals surface area contributed by atoms with Crippen molar-refractivity contribution < 1.29 is 59.2 Å². The lowest BCUT2D eigenvalue weighted by Crippen LogP contribution is -2.60. The van der Waals surface area contributed by atoms with Crippen LogP contribution in [0.2, 0.25) is 0 Å². The number of aromatic carboxylic acids is 1. The molecule has 7 N–H and O–H groups in total. The van der Waals surface area contributed by atoms with Gasteiger partial charge >= 0.3 is 5.97 Å². The number of carboxylic acids is 1. The largest absolute Gasteiger partial charge is 0.505 e. The van der Waals surface area contributed by atoms with Crippen LogP contribution in [0, 0.1) is 22.7 Å². The third kappa shape index (κ3) is 5.97. The molecular weight excluding hydrogens is 590 g/mol. The van der Waals surface area contributed by atoms with Crippen LogP contribution in [0.3, 0.4) is 0 Å². The molecule has 3 aliphatic heterocycles. The minimum atomic E-state index is -1.79. The van der Waals surface area contributed by atoms with E-state index in [1.807, 2.05) is 6.08 Å². The fourth-order valence-corrected chi connectivity index (χ4v) is 7.46. The number of phenols is 1. The summed E-state index contributed by atoms with van der Waals surface area (Å²) in [7, 11) is 0. The number of allylic oxidation sites excluding steroid dienone is 2. The van der Waals surface area contributed by atoms with Gasteiger partial charge in [-0.3, -0.25) is 9.59 Å².